The molecule has 0 bridgehead atoms. The Morgan fingerprint density at radius 1 is 0.763 bits per heavy atom. The number of aromatic nitrogens is 6. The smallest absolute Gasteiger partial charge is 0.390 e. The highest BCUT2D eigenvalue weighted by Crippen LogP contribution is 2.52. The Morgan fingerprint density at radius 2 is 1.24 bits per heavy atom. The van der Waals surface area contributed by atoms with Gasteiger partial charge >= 0.3 is 41.0 Å². The molecule has 3 saturated heterocycles. The third-order valence-electron chi connectivity index (χ3n) is 8.90. The number of phosphoric ester groups is 2. The lowest BCUT2D eigenvalue weighted by molar-refractivity contribution is -0.0624. The number of nitrogen functional groups attached to an aromatic ring is 1. The first-order chi connectivity index (χ1) is 27.7. The van der Waals surface area contributed by atoms with Crippen LogP contribution in [0.25, 0.3) is 0 Å². The van der Waals surface area contributed by atoms with Crippen LogP contribution >= 0.6 is 23.9 Å². The maximum atomic E-state index is 13.3. The molecule has 3 aromatic heterocycles. The molecular weight excluding hydrogens is 867 g/mol. The second-order valence-corrected chi connectivity index (χ2v) is 16.4. The highest BCUT2D eigenvalue weighted by molar-refractivity contribution is 7.47. The average molecular weight is 903 g/mol. The quantitative estimate of drug-likeness (QED) is 0.0615. The molecule has 0 radical (unpaired) electrons. The van der Waals surface area contributed by atoms with E-state index in [0.717, 1.165) is 29.1 Å². The summed E-state index contributed by atoms with van der Waals surface area (Å²) in [6.07, 6.45) is -16.1. The van der Waals surface area contributed by atoms with Gasteiger partial charge in [0, 0.05) is 41.7 Å². The topological polar surface area (TPSA) is 417 Å². The fraction of sp³-hybridized carbons (Fsp3) is 0.556. The Kier molecular flexibility index (Phi) is 13.6. The second-order valence-electron chi connectivity index (χ2n) is 12.8. The molecule has 0 saturated carbocycles. The molecule has 29 nitrogen and oxygen atoms in total. The van der Waals surface area contributed by atoms with Gasteiger partial charge < -0.3 is 45.1 Å². The molecule has 0 amide bonds. The first-order valence-electron chi connectivity index (χ1n) is 16.8. The SMILES string of the molecule is Nc1ccn([C@H]2C[C@H](O)[C@@H](COP(=O)(O)O[C@H]3[C@@H](O)[C@H](n4ccc(=O)[nH]c4=O)O[C@@H]3COP(=O)(O)O[C@H]3[C@@H](O)[C@H](n4ccc(=O)[nH]c4=O)O[C@@H]3CO[P+](=O)O)O2)c(=O)n1. The normalized spacial score (nSPS) is 31.8. The van der Waals surface area contributed by atoms with Gasteiger partial charge in [0.05, 0.1) is 19.3 Å². The monoisotopic (exact) mass is 902 g/mol. The first-order valence-corrected chi connectivity index (χ1v) is 20.9. The molecule has 0 aromatic carbocycles. The molecular formula is C27H35N7O22P3+. The van der Waals surface area contributed by atoms with Crippen molar-refractivity contribution in [2.75, 3.05) is 25.6 Å². The molecule has 59 heavy (non-hydrogen) atoms. The summed E-state index contributed by atoms with van der Waals surface area (Å²) in [5.41, 5.74) is 0.778. The summed E-state index contributed by atoms with van der Waals surface area (Å²) in [5.74, 6) is -0.0801. The standard InChI is InChI=1S/C27H34N7O22P3/c28-15-1-4-32(25(40)29-15)18-7-11(35)12(52-18)9-50-58(45,46)56-22-14(54-24(20(22)39)34-6-3-17(37)31-27(34)42)10-51-59(47,48)55-21-13(8-49-57(43)44)53-23(19(21)38)33-5-2-16(36)30-26(33)41/h1-6,11-14,18-24,35,38-39H,7-10H2,(H6-,28,29,30,31,36,37,40,41,42,43,44,45,46,47,48)/p+1/t11-,12+,13+,14+,18+,19+,20+,21+,22+,23+,24+/m0/s1. The lowest BCUT2D eigenvalue weighted by atomic mass is 10.1. The lowest BCUT2D eigenvalue weighted by Gasteiger charge is -2.25. The maximum absolute atomic E-state index is 13.3. The van der Waals surface area contributed by atoms with Crippen LogP contribution in [0.5, 0.6) is 0 Å². The number of hydrogen-bond acceptors (Lipinski definition) is 21. The number of anilines is 1. The Hall–Kier alpha value is -3.96. The minimum absolute atomic E-state index is 0.0801. The summed E-state index contributed by atoms with van der Waals surface area (Å²) in [6, 6.07) is 3.03. The van der Waals surface area contributed by atoms with E-state index in [1.165, 1.54) is 12.3 Å². The third kappa shape index (κ3) is 10.5. The molecule has 0 spiro atoms. The van der Waals surface area contributed by atoms with Crippen LogP contribution in [0.4, 0.5) is 5.82 Å². The van der Waals surface area contributed by atoms with Crippen LogP contribution in [0.1, 0.15) is 25.1 Å². The van der Waals surface area contributed by atoms with Crippen LogP contribution in [0, 0.1) is 0 Å². The number of aliphatic hydroxyl groups excluding tert-OH is 3. The number of ether oxygens (including phenoxy) is 3. The molecule has 3 unspecified atom stereocenters. The number of nitrogens with one attached hydrogen (secondary N) is 2. The first kappa shape index (κ1) is 44.6. The highest BCUT2D eigenvalue weighted by Gasteiger charge is 2.53. The molecule has 324 valence electrons. The minimum Gasteiger partial charge on any atom is -0.390 e. The van der Waals surface area contributed by atoms with Crippen LogP contribution in [0.3, 0.4) is 0 Å². The van der Waals surface area contributed by atoms with E-state index < -0.39 is 139 Å². The predicted octanol–water partition coefficient (Wildman–Crippen LogP) is -4.24. The van der Waals surface area contributed by atoms with E-state index in [1.807, 2.05) is 9.97 Å². The van der Waals surface area contributed by atoms with Crippen LogP contribution in [-0.2, 0) is 50.5 Å². The summed E-state index contributed by atoms with van der Waals surface area (Å²) in [5, 5.41) is 32.7. The fourth-order valence-corrected chi connectivity index (χ4v) is 8.41. The Bertz CT molecular complexity index is 2420. The Labute approximate surface area is 327 Å². The van der Waals surface area contributed by atoms with Gasteiger partial charge in [-0.3, -0.25) is 51.4 Å². The Morgan fingerprint density at radius 3 is 1.71 bits per heavy atom. The van der Waals surface area contributed by atoms with E-state index in [4.69, 9.17) is 42.9 Å². The van der Waals surface area contributed by atoms with Crippen molar-refractivity contribution < 1.29 is 80.5 Å². The van der Waals surface area contributed by atoms with E-state index >= 15 is 0 Å². The number of nitrogens with two attached hydrogens (primary N) is 1. The minimum atomic E-state index is -5.48. The van der Waals surface area contributed by atoms with Gasteiger partial charge in [0.15, 0.2) is 12.5 Å². The van der Waals surface area contributed by atoms with E-state index in [0.29, 0.717) is 9.13 Å². The summed E-state index contributed by atoms with van der Waals surface area (Å²) in [6.45, 7) is -2.88. The van der Waals surface area contributed by atoms with Crippen LogP contribution in [0.15, 0.2) is 60.8 Å². The van der Waals surface area contributed by atoms with Gasteiger partial charge in [0.25, 0.3) is 11.1 Å². The number of hydrogen-bond donors (Lipinski definition) is 9. The number of aliphatic hydroxyl groups is 3. The summed E-state index contributed by atoms with van der Waals surface area (Å²) in [7, 11) is -14.1. The molecule has 32 heteroatoms. The van der Waals surface area contributed by atoms with Gasteiger partial charge in [-0.05, 0) is 6.07 Å². The largest absolute Gasteiger partial charge is 0.694 e. The van der Waals surface area contributed by atoms with Gasteiger partial charge in [0.2, 0.25) is 0 Å². The van der Waals surface area contributed by atoms with E-state index in [-0.39, 0.29) is 12.2 Å². The van der Waals surface area contributed by atoms with Gasteiger partial charge in [-0.2, -0.15) is 4.98 Å². The predicted molar refractivity (Wildman–Crippen MR) is 187 cm³/mol. The summed E-state index contributed by atoms with van der Waals surface area (Å²) < 4.78 is 81.7. The molecule has 3 aliphatic rings. The van der Waals surface area contributed by atoms with Crippen LogP contribution in [0.2, 0.25) is 0 Å². The number of rotatable bonds is 16. The molecule has 10 N–H and O–H groups in total. The van der Waals surface area contributed by atoms with Gasteiger partial charge in [-0.15, -0.1) is 9.42 Å². The van der Waals surface area contributed by atoms with Crippen molar-refractivity contribution in [1.82, 2.24) is 28.7 Å². The zero-order valence-electron chi connectivity index (χ0n) is 29.6. The van der Waals surface area contributed by atoms with E-state index in [2.05, 4.69) is 9.51 Å². The van der Waals surface area contributed by atoms with E-state index in [1.54, 1.807) is 0 Å². The molecule has 14 atom stereocenters. The van der Waals surface area contributed by atoms with Crippen molar-refractivity contribution in [3.63, 3.8) is 0 Å². The average Bonchev–Trinajstić information content (AvgIpc) is 3.77. The summed E-state index contributed by atoms with van der Waals surface area (Å²) >= 11 is 0. The van der Waals surface area contributed by atoms with Crippen molar-refractivity contribution in [3.05, 3.63) is 89.0 Å². The van der Waals surface area contributed by atoms with Crippen LogP contribution < -0.4 is 33.9 Å². The van der Waals surface area contributed by atoms with E-state index in [9.17, 15) is 62.8 Å². The molecule has 3 aliphatic heterocycles. The number of H-pyrrole nitrogens is 2. The zero-order chi connectivity index (χ0) is 43.0. The lowest BCUT2D eigenvalue weighted by Crippen LogP contribution is -2.39. The number of phosphoric acid groups is 2. The Balaban J connectivity index is 1.17. The van der Waals surface area contributed by atoms with Gasteiger partial charge in [0.1, 0.15) is 61.4 Å². The fourth-order valence-electron chi connectivity index (χ4n) is 6.20. The van der Waals surface area contributed by atoms with Crippen molar-refractivity contribution in [2.24, 2.45) is 0 Å². The van der Waals surface area contributed by atoms with Crippen molar-refractivity contribution in [3.8, 4) is 0 Å². The van der Waals surface area contributed by atoms with Crippen molar-refractivity contribution >= 4 is 29.7 Å². The second kappa shape index (κ2) is 17.9. The molecule has 3 aromatic rings. The zero-order valence-corrected chi connectivity index (χ0v) is 32.2. The molecule has 0 aliphatic carbocycles. The maximum Gasteiger partial charge on any atom is 0.694 e. The number of nitrogens with zero attached hydrogens (tertiary/aromatic N) is 4. The van der Waals surface area contributed by atoms with Crippen molar-refractivity contribution in [2.45, 2.75) is 73.9 Å². The highest BCUT2D eigenvalue weighted by atomic mass is 31.2. The van der Waals surface area contributed by atoms with Crippen LogP contribution in [-0.4, -0.2) is 127 Å². The molecule has 3 fully saturated rings. The molecule has 6 heterocycles. The van der Waals surface area contributed by atoms with Gasteiger partial charge in [-0.25, -0.2) is 23.5 Å². The third-order valence-corrected chi connectivity index (χ3v) is 11.2. The number of aromatic amines is 2. The molecule has 6 rings (SSSR count). The van der Waals surface area contributed by atoms with Crippen molar-refractivity contribution in [1.29, 1.82) is 0 Å². The van der Waals surface area contributed by atoms with Gasteiger partial charge in [-0.1, -0.05) is 0 Å². The summed E-state index contributed by atoms with van der Waals surface area (Å²) in [4.78, 5) is 98.3.